The van der Waals surface area contributed by atoms with Gasteiger partial charge in [-0.15, -0.1) is 0 Å². The predicted octanol–water partition coefficient (Wildman–Crippen LogP) is -0.616. The molecular weight excluding hydrogens is 308 g/mol. The summed E-state index contributed by atoms with van der Waals surface area (Å²) in [5.41, 5.74) is 0.143. The third-order valence-corrected chi connectivity index (χ3v) is 3.16. The molecule has 0 aliphatic heterocycles. The van der Waals surface area contributed by atoms with Crippen LogP contribution in [0.1, 0.15) is 5.56 Å². The maximum atomic E-state index is 10.9. The van der Waals surface area contributed by atoms with Crippen molar-refractivity contribution in [2.45, 2.75) is 11.8 Å². The first-order valence-corrected chi connectivity index (χ1v) is 5.31. The van der Waals surface area contributed by atoms with Crippen LogP contribution in [0.25, 0.3) is 4.98 Å². The number of hydrogen-bond donors (Lipinski definition) is 1. The first-order valence-electron chi connectivity index (χ1n) is 3.49. The molecule has 8 heteroatoms. The van der Waals surface area contributed by atoms with Gasteiger partial charge in [-0.05, 0) is 13.0 Å². The van der Waals surface area contributed by atoms with Crippen LogP contribution >= 0.6 is 11.6 Å². The lowest BCUT2D eigenvalue weighted by Crippen LogP contribution is -3.00. The summed E-state index contributed by atoms with van der Waals surface area (Å²) in [6.07, 6.45) is 0. The van der Waals surface area contributed by atoms with Crippen LogP contribution in [0.3, 0.4) is 0 Å². The highest BCUT2D eigenvalue weighted by molar-refractivity contribution is 7.86. The Bertz CT molecular complexity index is 524. The Hall–Kier alpha value is -0.680. The highest BCUT2D eigenvalue weighted by Gasteiger charge is 2.24. The van der Waals surface area contributed by atoms with Gasteiger partial charge in [-0.2, -0.15) is 8.42 Å². The minimum absolute atomic E-state index is 0. The largest absolute Gasteiger partial charge is 1.00 e. The van der Waals surface area contributed by atoms with Crippen LogP contribution in [0, 0.1) is 12.3 Å². The fourth-order valence-corrected chi connectivity index (χ4v) is 2.38. The van der Waals surface area contributed by atoms with Gasteiger partial charge in [0.05, 0.1) is 10.6 Å². The molecule has 0 saturated carbocycles. The van der Waals surface area contributed by atoms with Crippen molar-refractivity contribution in [2.24, 2.45) is 0 Å². The lowest BCUT2D eigenvalue weighted by atomic mass is 10.2. The van der Waals surface area contributed by atoms with Crippen molar-refractivity contribution in [3.05, 3.63) is 27.7 Å². The average Bonchev–Trinajstić information content (AvgIpc) is 2.02. The van der Waals surface area contributed by atoms with Crippen LogP contribution in [-0.2, 0) is 10.1 Å². The normalized spacial score (nSPS) is 10.3. The molecule has 0 amide bonds. The SMILES string of the molecule is Cc1c([N+]#N)ccc(Cl)c1S(=O)(=O)O.[Br-]. The molecule has 15 heavy (non-hydrogen) atoms. The van der Waals surface area contributed by atoms with Crippen LogP contribution < -0.4 is 17.0 Å². The predicted molar refractivity (Wildman–Crippen MR) is 50.7 cm³/mol. The summed E-state index contributed by atoms with van der Waals surface area (Å²) >= 11 is 5.58. The molecule has 1 rings (SSSR count). The van der Waals surface area contributed by atoms with Gasteiger partial charge in [0.1, 0.15) is 4.90 Å². The highest BCUT2D eigenvalue weighted by Crippen LogP contribution is 2.31. The highest BCUT2D eigenvalue weighted by atomic mass is 79.9. The van der Waals surface area contributed by atoms with Gasteiger partial charge in [0.2, 0.25) is 5.39 Å². The molecule has 0 atom stereocenters. The van der Waals surface area contributed by atoms with Gasteiger partial charge in [-0.25, -0.2) is 0 Å². The fraction of sp³-hybridized carbons (Fsp3) is 0.143. The Morgan fingerprint density at radius 2 is 2.00 bits per heavy atom. The Kier molecular flexibility index (Phi) is 4.67. The average molecular weight is 314 g/mol. The van der Waals surface area contributed by atoms with E-state index in [9.17, 15) is 8.42 Å². The molecule has 1 N–H and O–H groups in total. The zero-order valence-corrected chi connectivity index (χ0v) is 10.6. The van der Waals surface area contributed by atoms with Crippen molar-refractivity contribution in [3.63, 3.8) is 0 Å². The molecule has 5 nitrogen and oxygen atoms in total. The molecule has 0 heterocycles. The second kappa shape index (κ2) is 4.90. The topological polar surface area (TPSA) is 82.5 Å². The van der Waals surface area contributed by atoms with E-state index in [2.05, 4.69) is 4.98 Å². The van der Waals surface area contributed by atoms with Crippen molar-refractivity contribution in [1.29, 1.82) is 5.39 Å². The van der Waals surface area contributed by atoms with Gasteiger partial charge in [-0.3, -0.25) is 4.55 Å². The monoisotopic (exact) mass is 312 g/mol. The van der Waals surface area contributed by atoms with Crippen molar-refractivity contribution >= 4 is 27.4 Å². The molecule has 82 valence electrons. The maximum absolute atomic E-state index is 10.9. The lowest BCUT2D eigenvalue weighted by Gasteiger charge is -2.01. The molecule has 0 aliphatic rings. The zero-order chi connectivity index (χ0) is 10.9. The van der Waals surface area contributed by atoms with E-state index in [0.717, 1.165) is 0 Å². The van der Waals surface area contributed by atoms with Gasteiger partial charge in [-0.1, -0.05) is 11.6 Å². The molecule has 1 aromatic rings. The van der Waals surface area contributed by atoms with E-state index in [1.165, 1.54) is 19.1 Å². The van der Waals surface area contributed by atoms with E-state index in [1.807, 2.05) is 0 Å². The van der Waals surface area contributed by atoms with Gasteiger partial charge < -0.3 is 17.0 Å². The van der Waals surface area contributed by atoms with E-state index in [1.54, 1.807) is 0 Å². The summed E-state index contributed by atoms with van der Waals surface area (Å²) in [5, 5.41) is 8.39. The molecule has 1 aromatic carbocycles. The zero-order valence-electron chi connectivity index (χ0n) is 7.48. The van der Waals surface area contributed by atoms with Gasteiger partial charge in [0.15, 0.2) is 4.98 Å². The molecule has 0 unspecified atom stereocenters. The molecule has 0 spiro atoms. The number of halogens is 2. The Balaban J connectivity index is 0.00000196. The smallest absolute Gasteiger partial charge is 0.389 e. The fourth-order valence-electron chi connectivity index (χ4n) is 1.07. The summed E-state index contributed by atoms with van der Waals surface area (Å²) in [5.74, 6) is 0. The second-order valence-electron chi connectivity index (χ2n) is 2.60. The number of nitrogens with zero attached hydrogens (tertiary/aromatic N) is 2. The van der Waals surface area contributed by atoms with E-state index in [4.69, 9.17) is 21.5 Å². The van der Waals surface area contributed by atoms with E-state index in [-0.39, 0.29) is 33.3 Å². The summed E-state index contributed by atoms with van der Waals surface area (Å²) < 4.78 is 30.6. The molecular formula is C7H6BrClN2O3S. The van der Waals surface area contributed by atoms with Crippen LogP contribution in [0.5, 0.6) is 0 Å². The number of benzene rings is 1. The summed E-state index contributed by atoms with van der Waals surface area (Å²) in [7, 11) is -4.40. The van der Waals surface area contributed by atoms with Gasteiger partial charge in [0, 0.05) is 6.07 Å². The van der Waals surface area contributed by atoms with Crippen molar-refractivity contribution in [2.75, 3.05) is 0 Å². The van der Waals surface area contributed by atoms with E-state index < -0.39 is 15.0 Å². The van der Waals surface area contributed by atoms with Gasteiger partial charge in [0.25, 0.3) is 10.1 Å². The third kappa shape index (κ3) is 2.89. The summed E-state index contributed by atoms with van der Waals surface area (Å²) in [6, 6.07) is 2.57. The Morgan fingerprint density at radius 3 is 2.40 bits per heavy atom. The van der Waals surface area contributed by atoms with E-state index in [0.29, 0.717) is 0 Å². The number of diazo groups is 1. The minimum Gasteiger partial charge on any atom is -1.00 e. The molecule has 0 fully saturated rings. The van der Waals surface area contributed by atoms with Crippen molar-refractivity contribution in [1.82, 2.24) is 0 Å². The molecule has 0 aromatic heterocycles. The molecule has 0 radical (unpaired) electrons. The third-order valence-electron chi connectivity index (χ3n) is 1.69. The maximum Gasteiger partial charge on any atom is 0.389 e. The summed E-state index contributed by atoms with van der Waals surface area (Å²) in [6.45, 7) is 1.38. The van der Waals surface area contributed by atoms with Gasteiger partial charge >= 0.3 is 5.69 Å². The van der Waals surface area contributed by atoms with Crippen LogP contribution in [0.15, 0.2) is 17.0 Å². The molecule has 0 aliphatic carbocycles. The quantitative estimate of drug-likeness (QED) is 0.553. The van der Waals surface area contributed by atoms with Crippen molar-refractivity contribution in [3.8, 4) is 0 Å². The standard InChI is InChI=1S/C7H5ClN2O3S.BrH/c1-4-6(10-9)3-2-5(8)7(4)14(11,12)13;/h2-3H,1H3;1H. The number of hydrogen-bond acceptors (Lipinski definition) is 3. The van der Waals surface area contributed by atoms with Crippen molar-refractivity contribution < 1.29 is 30.0 Å². The first kappa shape index (κ1) is 14.3. The lowest BCUT2D eigenvalue weighted by molar-refractivity contribution is -0.00000729. The van der Waals surface area contributed by atoms with Crippen LogP contribution in [-0.4, -0.2) is 13.0 Å². The second-order valence-corrected chi connectivity index (χ2v) is 4.36. The Morgan fingerprint density at radius 1 is 1.47 bits per heavy atom. The number of rotatable bonds is 1. The first-order chi connectivity index (χ1) is 6.38. The minimum atomic E-state index is -4.40. The molecule has 0 saturated heterocycles. The summed E-state index contributed by atoms with van der Waals surface area (Å²) in [4.78, 5) is 2.42. The Labute approximate surface area is 102 Å². The molecule has 0 bridgehead atoms. The van der Waals surface area contributed by atoms with E-state index >= 15 is 0 Å². The van der Waals surface area contributed by atoms with Crippen LogP contribution in [0.4, 0.5) is 5.69 Å². The van der Waals surface area contributed by atoms with Crippen LogP contribution in [0.2, 0.25) is 5.02 Å².